The number of likely N-dealkylation sites (N-methyl/N-ethyl adjacent to an activating group) is 1. The van der Waals surface area contributed by atoms with Crippen LogP contribution in [0.4, 0.5) is 5.69 Å². The number of piperazine rings is 1. The lowest BCUT2D eigenvalue weighted by atomic mass is 9.82. The van der Waals surface area contributed by atoms with Crippen molar-refractivity contribution in [3.05, 3.63) is 63.6 Å². The van der Waals surface area contributed by atoms with Crippen LogP contribution in [-0.4, -0.2) is 96.1 Å². The highest BCUT2D eigenvalue weighted by Crippen LogP contribution is 2.45. The lowest BCUT2D eigenvalue weighted by Crippen LogP contribution is -2.60. The van der Waals surface area contributed by atoms with Gasteiger partial charge in [-0.2, -0.15) is 0 Å². The van der Waals surface area contributed by atoms with Gasteiger partial charge in [0.2, 0.25) is 11.8 Å². The molecule has 2 aromatic rings. The monoisotopic (exact) mass is 573 g/mol. The van der Waals surface area contributed by atoms with E-state index in [4.69, 9.17) is 23.2 Å². The van der Waals surface area contributed by atoms with Gasteiger partial charge in [-0.1, -0.05) is 41.4 Å². The Labute approximate surface area is 238 Å². The summed E-state index contributed by atoms with van der Waals surface area (Å²) in [4.78, 5) is 58.3. The molecule has 1 fully saturated rings. The van der Waals surface area contributed by atoms with Gasteiger partial charge in [-0.15, -0.1) is 0 Å². The van der Waals surface area contributed by atoms with Crippen molar-refractivity contribution in [3.63, 3.8) is 0 Å². The molecule has 0 aromatic heterocycles. The summed E-state index contributed by atoms with van der Waals surface area (Å²) in [6.07, 6.45) is 0.300. The summed E-state index contributed by atoms with van der Waals surface area (Å²) in [6.45, 7) is 5.03. The summed E-state index contributed by atoms with van der Waals surface area (Å²) >= 11 is 12.5. The molecule has 2 aliphatic heterocycles. The second-order valence-corrected chi connectivity index (χ2v) is 11.3. The number of carbonyl (C=O) groups is 4. The van der Waals surface area contributed by atoms with Crippen molar-refractivity contribution in [2.24, 2.45) is 0 Å². The second kappa shape index (κ2) is 11.5. The molecule has 9 nitrogen and oxygen atoms in total. The third kappa shape index (κ3) is 5.76. The molecular weight excluding hydrogens is 541 g/mol. The number of hydrogen-bond acceptors (Lipinski definition) is 5. The molecular formula is C28H33Cl2N5O4. The largest absolute Gasteiger partial charge is 0.341 e. The summed E-state index contributed by atoms with van der Waals surface area (Å²) in [6, 6.07) is 12.5. The fraction of sp³-hybridized carbons (Fsp3) is 0.429. The SMILES string of the molecule is CC(C)N(CC(=O)N1CCN(C(=O)C(=O)N(C)C)CC1)C1(Cc2cccc(Cl)c2)C(=O)Nc2cc(Cl)ccc21. The van der Waals surface area contributed by atoms with Gasteiger partial charge in [0.1, 0.15) is 5.54 Å². The number of rotatable bonds is 6. The van der Waals surface area contributed by atoms with E-state index in [2.05, 4.69) is 5.32 Å². The van der Waals surface area contributed by atoms with E-state index >= 15 is 0 Å². The zero-order valence-electron chi connectivity index (χ0n) is 22.5. The number of anilines is 1. The molecule has 0 radical (unpaired) electrons. The average Bonchev–Trinajstić information content (AvgIpc) is 3.16. The maximum atomic E-state index is 13.9. The number of halogens is 2. The van der Waals surface area contributed by atoms with Crippen molar-refractivity contribution in [2.45, 2.75) is 31.8 Å². The third-order valence-electron chi connectivity index (χ3n) is 7.33. The van der Waals surface area contributed by atoms with Gasteiger partial charge < -0.3 is 20.0 Å². The Hall–Kier alpha value is -3.14. The third-order valence-corrected chi connectivity index (χ3v) is 7.80. The quantitative estimate of drug-likeness (QED) is 0.536. The molecule has 4 rings (SSSR count). The van der Waals surface area contributed by atoms with E-state index in [1.54, 1.807) is 23.1 Å². The minimum absolute atomic E-state index is 0.0156. The van der Waals surface area contributed by atoms with Gasteiger partial charge >= 0.3 is 11.8 Å². The number of fused-ring (bicyclic) bond motifs is 1. The Kier molecular flexibility index (Phi) is 8.54. The van der Waals surface area contributed by atoms with Crippen molar-refractivity contribution in [2.75, 3.05) is 52.1 Å². The molecule has 1 N–H and O–H groups in total. The van der Waals surface area contributed by atoms with Crippen LogP contribution >= 0.6 is 23.2 Å². The smallest absolute Gasteiger partial charge is 0.312 e. The molecule has 0 spiro atoms. The zero-order valence-corrected chi connectivity index (χ0v) is 24.1. The number of benzene rings is 2. The summed E-state index contributed by atoms with van der Waals surface area (Å²) < 4.78 is 0. The van der Waals surface area contributed by atoms with Crippen LogP contribution in [0.2, 0.25) is 10.0 Å². The van der Waals surface area contributed by atoms with Crippen LogP contribution in [-0.2, 0) is 31.1 Å². The highest BCUT2D eigenvalue weighted by molar-refractivity contribution is 6.34. The molecule has 1 unspecified atom stereocenters. The average molecular weight is 575 g/mol. The van der Waals surface area contributed by atoms with Gasteiger partial charge in [0, 0.05) is 74.0 Å². The van der Waals surface area contributed by atoms with Crippen molar-refractivity contribution >= 4 is 52.5 Å². The number of nitrogens with zero attached hydrogens (tertiary/aromatic N) is 4. The minimum Gasteiger partial charge on any atom is -0.341 e. The fourth-order valence-electron chi connectivity index (χ4n) is 5.32. The molecule has 11 heteroatoms. The Morgan fingerprint density at radius 1 is 0.974 bits per heavy atom. The first-order valence-electron chi connectivity index (χ1n) is 12.8. The molecule has 1 saturated heterocycles. The number of hydrogen-bond donors (Lipinski definition) is 1. The standard InChI is InChI=1S/C28H33Cl2N5O4/c1-18(2)35(17-24(36)33-10-12-34(13-11-33)26(38)25(37)32(3)4)28(16-19-6-5-7-20(29)14-19)22-9-8-21(30)15-23(22)31-27(28)39/h5-9,14-15,18H,10-13,16-17H2,1-4H3,(H,31,39). The fourth-order valence-corrected chi connectivity index (χ4v) is 5.71. The number of amides is 4. The normalized spacial score (nSPS) is 18.8. The molecule has 0 bridgehead atoms. The van der Waals surface area contributed by atoms with Crippen LogP contribution in [0.3, 0.4) is 0 Å². The lowest BCUT2D eigenvalue weighted by Gasteiger charge is -2.43. The van der Waals surface area contributed by atoms with Crippen molar-refractivity contribution < 1.29 is 19.2 Å². The van der Waals surface area contributed by atoms with Crippen LogP contribution in [0.1, 0.15) is 25.0 Å². The van der Waals surface area contributed by atoms with Crippen LogP contribution in [0, 0.1) is 0 Å². The molecule has 4 amide bonds. The van der Waals surface area contributed by atoms with Gasteiger partial charge in [-0.25, -0.2) is 0 Å². The van der Waals surface area contributed by atoms with E-state index in [1.807, 2.05) is 43.0 Å². The first-order valence-corrected chi connectivity index (χ1v) is 13.6. The molecule has 0 saturated carbocycles. The van der Waals surface area contributed by atoms with Gasteiger partial charge in [0.05, 0.1) is 6.54 Å². The first kappa shape index (κ1) is 28.9. The molecule has 1 atom stereocenters. The first-order chi connectivity index (χ1) is 18.4. The maximum Gasteiger partial charge on any atom is 0.312 e. The van der Waals surface area contributed by atoms with Gasteiger partial charge in [-0.3, -0.25) is 24.1 Å². The molecule has 39 heavy (non-hydrogen) atoms. The Bertz CT molecular complexity index is 1290. The predicted molar refractivity (Wildman–Crippen MR) is 151 cm³/mol. The van der Waals surface area contributed by atoms with E-state index in [9.17, 15) is 19.2 Å². The maximum absolute atomic E-state index is 13.9. The topological polar surface area (TPSA) is 93.3 Å². The van der Waals surface area contributed by atoms with Crippen LogP contribution in [0.15, 0.2) is 42.5 Å². The van der Waals surface area contributed by atoms with Crippen molar-refractivity contribution in [1.82, 2.24) is 19.6 Å². The van der Waals surface area contributed by atoms with Crippen LogP contribution < -0.4 is 5.32 Å². The van der Waals surface area contributed by atoms with Gasteiger partial charge in [-0.05, 0) is 43.7 Å². The molecule has 2 aromatic carbocycles. The highest BCUT2D eigenvalue weighted by Gasteiger charge is 2.52. The molecule has 0 aliphatic carbocycles. The van der Waals surface area contributed by atoms with E-state index in [1.165, 1.54) is 23.9 Å². The van der Waals surface area contributed by atoms with Crippen LogP contribution in [0.25, 0.3) is 0 Å². The van der Waals surface area contributed by atoms with E-state index in [0.717, 1.165) is 11.1 Å². The number of carbonyl (C=O) groups excluding carboxylic acids is 4. The Balaban J connectivity index is 1.62. The van der Waals surface area contributed by atoms with E-state index in [0.29, 0.717) is 35.2 Å². The molecule has 2 heterocycles. The summed E-state index contributed by atoms with van der Waals surface area (Å²) in [5, 5.41) is 4.05. The predicted octanol–water partition coefficient (Wildman–Crippen LogP) is 2.85. The second-order valence-electron chi connectivity index (χ2n) is 10.4. The minimum atomic E-state index is -1.18. The summed E-state index contributed by atoms with van der Waals surface area (Å²) in [7, 11) is 3.07. The summed E-state index contributed by atoms with van der Waals surface area (Å²) in [5.41, 5.74) is 1.04. The van der Waals surface area contributed by atoms with Crippen molar-refractivity contribution in [3.8, 4) is 0 Å². The molecule has 2 aliphatic rings. The summed E-state index contributed by atoms with van der Waals surface area (Å²) in [5.74, 6) is -1.56. The Morgan fingerprint density at radius 2 is 1.62 bits per heavy atom. The lowest BCUT2D eigenvalue weighted by molar-refractivity contribution is -0.152. The van der Waals surface area contributed by atoms with Crippen molar-refractivity contribution in [1.29, 1.82) is 0 Å². The molecule has 208 valence electrons. The Morgan fingerprint density at radius 3 is 2.23 bits per heavy atom. The van der Waals surface area contributed by atoms with E-state index in [-0.39, 0.29) is 37.5 Å². The van der Waals surface area contributed by atoms with Gasteiger partial charge in [0.15, 0.2) is 0 Å². The zero-order chi connectivity index (χ0) is 28.5. The number of nitrogens with one attached hydrogen (secondary N) is 1. The highest BCUT2D eigenvalue weighted by atomic mass is 35.5. The van der Waals surface area contributed by atoms with Gasteiger partial charge in [0.25, 0.3) is 0 Å². The van der Waals surface area contributed by atoms with E-state index < -0.39 is 17.4 Å². The van der Waals surface area contributed by atoms with Crippen LogP contribution in [0.5, 0.6) is 0 Å².